The summed E-state index contributed by atoms with van der Waals surface area (Å²) in [6, 6.07) is 7.29. The van der Waals surface area contributed by atoms with E-state index in [1.165, 1.54) is 0 Å². The second-order valence-corrected chi connectivity index (χ2v) is 3.85. The zero-order valence-corrected chi connectivity index (χ0v) is 9.63. The van der Waals surface area contributed by atoms with Crippen LogP contribution in [0.2, 0.25) is 0 Å². The van der Waals surface area contributed by atoms with Gasteiger partial charge in [-0.1, -0.05) is 0 Å². The normalized spacial score (nSPS) is 12.5. The molecule has 1 aromatic carbocycles. The van der Waals surface area contributed by atoms with Crippen LogP contribution < -0.4 is 19.9 Å². The van der Waals surface area contributed by atoms with Crippen LogP contribution in [0.25, 0.3) is 0 Å². The molecule has 18 heavy (non-hydrogen) atoms. The van der Waals surface area contributed by atoms with Gasteiger partial charge in [0.25, 0.3) is 0 Å². The molecule has 3 rings (SSSR count). The van der Waals surface area contributed by atoms with Crippen LogP contribution >= 0.6 is 0 Å². The highest BCUT2D eigenvalue weighted by molar-refractivity contribution is 5.47. The average Bonchev–Trinajstić information content (AvgIpc) is 2.86. The van der Waals surface area contributed by atoms with Crippen LogP contribution in [0.1, 0.15) is 5.56 Å². The van der Waals surface area contributed by atoms with Crippen molar-refractivity contribution in [2.75, 3.05) is 6.79 Å². The summed E-state index contributed by atoms with van der Waals surface area (Å²) in [4.78, 5) is 4.06. The fraction of sp³-hybridized carbons (Fsp3) is 0.154. The van der Waals surface area contributed by atoms with E-state index in [0.717, 1.165) is 11.3 Å². The van der Waals surface area contributed by atoms with Gasteiger partial charge in [-0.25, -0.2) is 0 Å². The van der Waals surface area contributed by atoms with Gasteiger partial charge in [-0.3, -0.25) is 4.98 Å². The van der Waals surface area contributed by atoms with Crippen LogP contribution in [0.3, 0.4) is 0 Å². The Labute approximate surface area is 104 Å². The smallest absolute Gasteiger partial charge is 0.231 e. The van der Waals surface area contributed by atoms with Crippen LogP contribution in [-0.4, -0.2) is 11.8 Å². The van der Waals surface area contributed by atoms with Crippen molar-refractivity contribution in [3.63, 3.8) is 0 Å². The van der Waals surface area contributed by atoms with Crippen molar-refractivity contribution in [1.29, 1.82) is 0 Å². The van der Waals surface area contributed by atoms with Crippen LogP contribution in [0.4, 0.5) is 0 Å². The quantitative estimate of drug-likeness (QED) is 0.895. The van der Waals surface area contributed by atoms with Crippen LogP contribution in [0.15, 0.2) is 36.7 Å². The van der Waals surface area contributed by atoms with E-state index in [1.807, 2.05) is 18.2 Å². The van der Waals surface area contributed by atoms with E-state index in [0.29, 0.717) is 23.8 Å². The number of fused-ring (bicyclic) bond motifs is 1. The number of hydrogen-bond acceptors (Lipinski definition) is 5. The summed E-state index contributed by atoms with van der Waals surface area (Å²) in [6.45, 7) is 0.689. The van der Waals surface area contributed by atoms with Gasteiger partial charge in [-0.2, -0.15) is 0 Å². The lowest BCUT2D eigenvalue weighted by Crippen LogP contribution is -1.97. The number of nitrogens with zero attached hydrogens (tertiary/aromatic N) is 1. The first-order valence-corrected chi connectivity index (χ1v) is 5.56. The molecule has 1 aliphatic heterocycles. The van der Waals surface area contributed by atoms with E-state index >= 15 is 0 Å². The first-order chi connectivity index (χ1) is 8.85. The van der Waals surface area contributed by atoms with Crippen molar-refractivity contribution < 1.29 is 14.2 Å². The van der Waals surface area contributed by atoms with Crippen molar-refractivity contribution in [3.8, 4) is 23.0 Å². The Hall–Kier alpha value is -2.27. The second kappa shape index (κ2) is 4.54. The van der Waals surface area contributed by atoms with E-state index in [4.69, 9.17) is 19.9 Å². The maximum Gasteiger partial charge on any atom is 0.231 e. The van der Waals surface area contributed by atoms with Gasteiger partial charge in [0.2, 0.25) is 6.79 Å². The molecule has 1 aliphatic rings. The maximum absolute atomic E-state index is 5.69. The van der Waals surface area contributed by atoms with Crippen LogP contribution in [0.5, 0.6) is 23.0 Å². The predicted molar refractivity (Wildman–Crippen MR) is 64.8 cm³/mol. The molecule has 0 atom stereocenters. The lowest BCUT2D eigenvalue weighted by molar-refractivity contribution is 0.174. The van der Waals surface area contributed by atoms with Crippen molar-refractivity contribution in [1.82, 2.24) is 4.98 Å². The molecule has 0 saturated heterocycles. The highest BCUT2D eigenvalue weighted by Crippen LogP contribution is 2.36. The molecule has 2 N–H and O–H groups in total. The minimum absolute atomic E-state index is 0.253. The van der Waals surface area contributed by atoms with Crippen LogP contribution in [-0.2, 0) is 6.54 Å². The summed E-state index contributed by atoms with van der Waals surface area (Å²) in [5.74, 6) is 2.75. The van der Waals surface area contributed by atoms with Crippen LogP contribution in [0, 0.1) is 0 Å². The molecule has 0 unspecified atom stereocenters. The molecule has 92 valence electrons. The Morgan fingerprint density at radius 1 is 1.11 bits per heavy atom. The fourth-order valence-corrected chi connectivity index (χ4v) is 1.71. The number of nitrogens with two attached hydrogens (primary N) is 1. The van der Waals surface area contributed by atoms with Gasteiger partial charge in [0.15, 0.2) is 11.5 Å². The Morgan fingerprint density at radius 2 is 2.00 bits per heavy atom. The van der Waals surface area contributed by atoms with E-state index in [1.54, 1.807) is 18.5 Å². The highest BCUT2D eigenvalue weighted by Gasteiger charge is 2.14. The number of rotatable bonds is 3. The Balaban J connectivity index is 1.83. The summed E-state index contributed by atoms with van der Waals surface area (Å²) < 4.78 is 16.2. The third kappa shape index (κ3) is 2.08. The van der Waals surface area contributed by atoms with Crippen molar-refractivity contribution in [2.45, 2.75) is 6.54 Å². The lowest BCUT2D eigenvalue weighted by atomic mass is 10.3. The average molecular weight is 244 g/mol. The summed E-state index contributed by atoms with van der Waals surface area (Å²) in [7, 11) is 0. The number of hydrogen-bond donors (Lipinski definition) is 1. The molecule has 2 aromatic rings. The molecular formula is C13H12N2O3. The lowest BCUT2D eigenvalue weighted by Gasteiger charge is -2.07. The molecule has 0 fully saturated rings. The van der Waals surface area contributed by atoms with E-state index in [-0.39, 0.29) is 6.79 Å². The summed E-state index contributed by atoms with van der Waals surface area (Å²) in [5.41, 5.74) is 6.48. The monoisotopic (exact) mass is 244 g/mol. The minimum Gasteiger partial charge on any atom is -0.456 e. The van der Waals surface area contributed by atoms with Gasteiger partial charge in [0.1, 0.15) is 11.5 Å². The number of aromatic nitrogens is 1. The summed E-state index contributed by atoms with van der Waals surface area (Å²) in [5, 5.41) is 0. The first-order valence-electron chi connectivity index (χ1n) is 5.56. The molecule has 2 heterocycles. The van der Waals surface area contributed by atoms with E-state index in [9.17, 15) is 0 Å². The van der Waals surface area contributed by atoms with Crippen molar-refractivity contribution in [2.24, 2.45) is 5.73 Å². The van der Waals surface area contributed by atoms with Gasteiger partial charge >= 0.3 is 0 Å². The topological polar surface area (TPSA) is 66.6 Å². The Morgan fingerprint density at radius 3 is 2.89 bits per heavy atom. The van der Waals surface area contributed by atoms with Gasteiger partial charge in [-0.05, 0) is 23.8 Å². The predicted octanol–water partition coefficient (Wildman–Crippen LogP) is 2.06. The molecule has 0 bridgehead atoms. The minimum atomic E-state index is 0.253. The number of pyridine rings is 1. The van der Waals surface area contributed by atoms with Gasteiger partial charge in [0, 0.05) is 18.8 Å². The molecule has 5 nitrogen and oxygen atoms in total. The first kappa shape index (κ1) is 10.9. The molecule has 0 aliphatic carbocycles. The standard InChI is InChI=1S/C13H12N2O3/c14-5-9-3-11(7-15-6-9)18-10-1-2-12-13(4-10)17-8-16-12/h1-4,6-7H,5,8,14H2. The van der Waals surface area contributed by atoms with E-state index in [2.05, 4.69) is 4.98 Å². The molecule has 0 saturated carbocycles. The molecule has 0 spiro atoms. The molecule has 1 aromatic heterocycles. The largest absolute Gasteiger partial charge is 0.456 e. The second-order valence-electron chi connectivity index (χ2n) is 3.85. The zero-order valence-electron chi connectivity index (χ0n) is 9.63. The summed E-state index contributed by atoms with van der Waals surface area (Å²) in [6.07, 6.45) is 3.36. The van der Waals surface area contributed by atoms with E-state index < -0.39 is 0 Å². The van der Waals surface area contributed by atoms with Crippen molar-refractivity contribution in [3.05, 3.63) is 42.2 Å². The Kier molecular flexibility index (Phi) is 2.74. The third-order valence-electron chi connectivity index (χ3n) is 2.59. The molecular weight excluding hydrogens is 232 g/mol. The maximum atomic E-state index is 5.69. The van der Waals surface area contributed by atoms with Crippen molar-refractivity contribution >= 4 is 0 Å². The zero-order chi connectivity index (χ0) is 12.4. The highest BCUT2D eigenvalue weighted by atomic mass is 16.7. The van der Waals surface area contributed by atoms with Gasteiger partial charge < -0.3 is 19.9 Å². The molecule has 0 radical (unpaired) electrons. The number of benzene rings is 1. The van der Waals surface area contributed by atoms with Gasteiger partial charge in [-0.15, -0.1) is 0 Å². The Bertz CT molecular complexity index is 572. The molecule has 0 amide bonds. The SMILES string of the molecule is NCc1cncc(Oc2ccc3c(c2)OCO3)c1. The van der Waals surface area contributed by atoms with Gasteiger partial charge in [0.05, 0.1) is 6.20 Å². The third-order valence-corrected chi connectivity index (χ3v) is 2.59. The molecule has 5 heteroatoms. The fourth-order valence-electron chi connectivity index (χ4n) is 1.71. The number of ether oxygens (including phenoxy) is 3. The summed E-state index contributed by atoms with van der Waals surface area (Å²) >= 11 is 0.